The first-order valence-corrected chi connectivity index (χ1v) is 25.6. The van der Waals surface area contributed by atoms with Crippen molar-refractivity contribution in [3.63, 3.8) is 0 Å². The van der Waals surface area contributed by atoms with Gasteiger partial charge in [-0.25, -0.2) is 8.42 Å². The van der Waals surface area contributed by atoms with Crippen LogP contribution in [0.1, 0.15) is 132 Å². The van der Waals surface area contributed by atoms with Crippen LogP contribution in [0, 0.1) is 68.5 Å². The number of ether oxygens (including phenoxy) is 1. The van der Waals surface area contributed by atoms with Gasteiger partial charge in [-0.1, -0.05) is 60.6 Å². The fourth-order valence-corrected chi connectivity index (χ4v) is 17.4. The summed E-state index contributed by atoms with van der Waals surface area (Å²) in [4.78, 5) is 27.9. The molecule has 1 saturated heterocycles. The molecule has 0 spiro atoms. The van der Waals surface area contributed by atoms with Crippen molar-refractivity contribution in [1.29, 1.82) is 0 Å². The van der Waals surface area contributed by atoms with E-state index < -0.39 is 27.1 Å². The number of carboxylic acid groups (broad SMARTS) is 1. The molecular formula is C46H76N2O6S2. The standard InChI is InChI=1S/C46H76N2O6S2/c1-29(2)31-13-19-46(47-28-30(16-24-55-10)48-22-25-56(52,53)26-23-48)21-20-44(8)32(38(31)46)11-12-36-43(7)17-15-37(42(5,6)35(43)14-18-45(36,44)9)54-40(51)34-27-33(39(49)50)41(34,3)4/h30-38,47H,1,11-28H2,2-10H3,(H,49,50)/t30-,31+,32-,33-,34+,35+,36-,37+,38-,43+,44-,45-,46+/m1/s1. The maximum absolute atomic E-state index is 13.7. The first-order chi connectivity index (χ1) is 26.1. The molecule has 56 heavy (non-hydrogen) atoms. The fourth-order valence-electron chi connectivity index (χ4n) is 15.7. The van der Waals surface area contributed by atoms with Crippen LogP contribution in [0.15, 0.2) is 12.2 Å². The lowest BCUT2D eigenvalue weighted by Crippen LogP contribution is -2.69. The molecule has 8 nitrogen and oxygen atoms in total. The van der Waals surface area contributed by atoms with E-state index in [1.165, 1.54) is 50.5 Å². The molecule has 0 bridgehead atoms. The van der Waals surface area contributed by atoms with Crippen molar-refractivity contribution in [2.75, 3.05) is 43.1 Å². The summed E-state index contributed by atoms with van der Waals surface area (Å²) < 4.78 is 31.2. The number of hydrogen-bond acceptors (Lipinski definition) is 8. The zero-order valence-electron chi connectivity index (χ0n) is 36.4. The third kappa shape index (κ3) is 6.69. The van der Waals surface area contributed by atoms with Gasteiger partial charge in [0.1, 0.15) is 6.10 Å². The number of esters is 1. The summed E-state index contributed by atoms with van der Waals surface area (Å²) in [5, 5.41) is 14.0. The molecule has 0 aromatic rings. The van der Waals surface area contributed by atoms with Gasteiger partial charge >= 0.3 is 11.9 Å². The molecule has 6 saturated carbocycles. The van der Waals surface area contributed by atoms with Gasteiger partial charge in [0, 0.05) is 36.6 Å². The van der Waals surface area contributed by atoms with Crippen molar-refractivity contribution in [2.45, 2.75) is 150 Å². The average molecular weight is 817 g/mol. The van der Waals surface area contributed by atoms with Crippen LogP contribution in [0.2, 0.25) is 0 Å². The number of allylic oxidation sites excluding steroid dienone is 1. The smallest absolute Gasteiger partial charge is 0.309 e. The molecular weight excluding hydrogens is 741 g/mol. The van der Waals surface area contributed by atoms with Crippen molar-refractivity contribution in [1.82, 2.24) is 10.2 Å². The number of nitrogens with one attached hydrogen (secondary N) is 1. The Kier molecular flexibility index (Phi) is 11.4. The highest BCUT2D eigenvalue weighted by atomic mass is 32.2. The van der Waals surface area contributed by atoms with Crippen LogP contribution >= 0.6 is 11.8 Å². The minimum atomic E-state index is -2.92. The van der Waals surface area contributed by atoms with Crippen LogP contribution in [0.3, 0.4) is 0 Å². The molecule has 7 aliphatic rings. The molecule has 0 aromatic carbocycles. The number of thioether (sulfide) groups is 1. The maximum Gasteiger partial charge on any atom is 0.309 e. The van der Waals surface area contributed by atoms with Gasteiger partial charge in [0.2, 0.25) is 0 Å². The summed E-state index contributed by atoms with van der Waals surface area (Å²) in [7, 11) is -2.92. The predicted octanol–water partition coefficient (Wildman–Crippen LogP) is 8.50. The molecule has 13 atom stereocenters. The Morgan fingerprint density at radius 1 is 0.875 bits per heavy atom. The maximum atomic E-state index is 13.7. The van der Waals surface area contributed by atoms with Crippen LogP contribution in [-0.2, 0) is 24.2 Å². The van der Waals surface area contributed by atoms with Gasteiger partial charge < -0.3 is 15.2 Å². The van der Waals surface area contributed by atoms with Gasteiger partial charge in [-0.2, -0.15) is 11.8 Å². The first kappa shape index (κ1) is 43.0. The molecule has 2 N–H and O–H groups in total. The largest absolute Gasteiger partial charge is 0.481 e. The van der Waals surface area contributed by atoms with Gasteiger partial charge in [0.05, 0.1) is 23.3 Å². The predicted molar refractivity (Wildman–Crippen MR) is 227 cm³/mol. The van der Waals surface area contributed by atoms with E-state index in [9.17, 15) is 23.1 Å². The van der Waals surface area contributed by atoms with Crippen molar-refractivity contribution in [3.05, 3.63) is 12.2 Å². The quantitative estimate of drug-likeness (QED) is 0.157. The number of nitrogens with zero attached hydrogens (tertiary/aromatic N) is 1. The van der Waals surface area contributed by atoms with Crippen molar-refractivity contribution < 1.29 is 27.9 Å². The average Bonchev–Trinajstić information content (AvgIpc) is 3.50. The molecule has 7 rings (SSSR count). The summed E-state index contributed by atoms with van der Waals surface area (Å²) in [5.41, 5.74) is 1.32. The summed E-state index contributed by atoms with van der Waals surface area (Å²) in [5.74, 6) is 2.61. The van der Waals surface area contributed by atoms with E-state index in [2.05, 4.69) is 64.6 Å². The minimum absolute atomic E-state index is 0.0982. The second-order valence-electron chi connectivity index (χ2n) is 22.1. The van der Waals surface area contributed by atoms with E-state index in [4.69, 9.17) is 4.74 Å². The van der Waals surface area contributed by atoms with E-state index in [0.29, 0.717) is 55.1 Å². The SMILES string of the molecule is C=C(C)[C@@H]1CC[C@]2(NC[C@@H](CCSC)N3CCS(=O)(=O)CC3)CC[C@]3(C)[C@H](CC[C@@H]4[C@@]5(C)CC[C@H](OC(=O)[C@@H]6C[C@H](C(=O)O)C6(C)C)C(C)(C)[C@@H]5CC[C@]43C)[C@@H]12. The van der Waals surface area contributed by atoms with Crippen molar-refractivity contribution >= 4 is 33.5 Å². The summed E-state index contributed by atoms with van der Waals surface area (Å²) in [6, 6.07) is 0.355. The van der Waals surface area contributed by atoms with Gasteiger partial charge in [-0.15, -0.1) is 0 Å². The normalized spacial score (nSPS) is 45.5. The second kappa shape index (κ2) is 14.8. The van der Waals surface area contributed by atoms with E-state index >= 15 is 0 Å². The van der Waals surface area contributed by atoms with Crippen LogP contribution in [-0.4, -0.2) is 91.2 Å². The van der Waals surface area contributed by atoms with Crippen LogP contribution in [0.5, 0.6) is 0 Å². The molecule has 0 radical (unpaired) electrons. The highest BCUT2D eigenvalue weighted by Crippen LogP contribution is 2.76. The first-order valence-electron chi connectivity index (χ1n) is 22.3. The lowest BCUT2D eigenvalue weighted by atomic mass is 9.32. The zero-order valence-corrected chi connectivity index (χ0v) is 38.0. The number of carbonyl (C=O) groups excluding carboxylic acids is 1. The summed E-state index contributed by atoms with van der Waals surface area (Å²) in [6.07, 6.45) is 15.2. The molecule has 1 aliphatic heterocycles. The van der Waals surface area contributed by atoms with Crippen LogP contribution in [0.25, 0.3) is 0 Å². The Hall–Kier alpha value is -1.10. The van der Waals surface area contributed by atoms with E-state index in [0.717, 1.165) is 38.0 Å². The molecule has 6 aliphatic carbocycles. The number of aliphatic carboxylic acids is 1. The molecule has 0 amide bonds. The summed E-state index contributed by atoms with van der Waals surface area (Å²) >= 11 is 1.89. The van der Waals surface area contributed by atoms with Gasteiger partial charge in [0.25, 0.3) is 0 Å². The number of sulfone groups is 1. The number of carboxylic acids is 1. The number of fused-ring (bicyclic) bond motifs is 7. The Bertz CT molecular complexity index is 1650. The van der Waals surface area contributed by atoms with Gasteiger partial charge in [-0.05, 0) is 147 Å². The number of rotatable bonds is 11. The highest BCUT2D eigenvalue weighted by Gasteiger charge is 2.71. The molecule has 10 heteroatoms. The van der Waals surface area contributed by atoms with E-state index in [-0.39, 0.29) is 56.7 Å². The number of carbonyl (C=O) groups is 2. The Morgan fingerprint density at radius 3 is 2.20 bits per heavy atom. The Morgan fingerprint density at radius 2 is 1.57 bits per heavy atom. The summed E-state index contributed by atoms with van der Waals surface area (Å²) in [6.45, 7) is 25.7. The van der Waals surface area contributed by atoms with Crippen molar-refractivity contribution in [3.8, 4) is 0 Å². The minimum Gasteiger partial charge on any atom is -0.481 e. The van der Waals surface area contributed by atoms with E-state index in [1.54, 1.807) is 0 Å². The van der Waals surface area contributed by atoms with E-state index in [1.807, 2.05) is 25.6 Å². The molecule has 1 heterocycles. The number of hydrogen-bond donors (Lipinski definition) is 2. The molecule has 0 unspecified atom stereocenters. The third-order valence-corrected chi connectivity index (χ3v) is 21.6. The lowest BCUT2D eigenvalue weighted by molar-refractivity contribution is -0.248. The Balaban J connectivity index is 1.10. The monoisotopic (exact) mass is 817 g/mol. The third-order valence-electron chi connectivity index (χ3n) is 19.4. The topological polar surface area (TPSA) is 113 Å². The molecule has 318 valence electrons. The highest BCUT2D eigenvalue weighted by molar-refractivity contribution is 7.98. The van der Waals surface area contributed by atoms with Gasteiger partial charge in [0.15, 0.2) is 9.84 Å². The molecule has 7 fully saturated rings. The molecule has 0 aromatic heterocycles. The second-order valence-corrected chi connectivity index (χ2v) is 25.4. The zero-order chi connectivity index (χ0) is 40.9. The lowest BCUT2D eigenvalue weighted by Gasteiger charge is -2.73. The van der Waals surface area contributed by atoms with Crippen LogP contribution < -0.4 is 5.32 Å². The Labute approximate surface area is 344 Å². The fraction of sp³-hybridized carbons (Fsp3) is 0.913. The van der Waals surface area contributed by atoms with Crippen LogP contribution in [0.4, 0.5) is 0 Å². The van der Waals surface area contributed by atoms with Crippen molar-refractivity contribution in [2.24, 2.45) is 68.5 Å². The van der Waals surface area contributed by atoms with Gasteiger partial charge in [-0.3, -0.25) is 14.5 Å².